The fraction of sp³-hybridized carbons (Fsp3) is 0.800. The van der Waals surface area contributed by atoms with Gasteiger partial charge in [-0.05, 0) is 5.53 Å². The molecule has 4 N–H and O–H groups in total. The van der Waals surface area contributed by atoms with E-state index in [1.165, 1.54) is 0 Å². The van der Waals surface area contributed by atoms with E-state index in [1.807, 2.05) is 0 Å². The number of aliphatic hydroxyl groups excluding tert-OH is 3. The molecule has 5 unspecified atom stereocenters. The molecule has 1 aliphatic rings. The lowest BCUT2D eigenvalue weighted by Gasteiger charge is -2.41. The number of esters is 1. The smallest absolute Gasteiger partial charge is 0.305 e. The molecule has 11 heteroatoms. The van der Waals surface area contributed by atoms with Gasteiger partial charge in [-0.15, -0.1) is 0 Å². The number of carbonyl (C=O) groups excluding carboxylic acids is 2. The van der Waals surface area contributed by atoms with Gasteiger partial charge in [0.05, 0.1) is 6.61 Å². The summed E-state index contributed by atoms with van der Waals surface area (Å²) in [4.78, 5) is 24.9. The highest BCUT2D eigenvalue weighted by atomic mass is 16.7. The predicted octanol–water partition coefficient (Wildman–Crippen LogP) is -2.22. The van der Waals surface area contributed by atoms with Crippen molar-refractivity contribution in [2.75, 3.05) is 13.2 Å². The van der Waals surface area contributed by atoms with Crippen LogP contribution in [0.25, 0.3) is 10.4 Å². The van der Waals surface area contributed by atoms with Gasteiger partial charge in [-0.3, -0.25) is 9.59 Å². The van der Waals surface area contributed by atoms with Crippen LogP contribution in [0.1, 0.15) is 6.92 Å². The average molecular weight is 304 g/mol. The molecular formula is C10H16N4O7. The number of azide groups is 1. The Labute approximate surface area is 119 Å². The lowest BCUT2D eigenvalue weighted by atomic mass is 9.97. The van der Waals surface area contributed by atoms with Crippen molar-refractivity contribution in [1.82, 2.24) is 5.32 Å². The van der Waals surface area contributed by atoms with Crippen molar-refractivity contribution in [3.05, 3.63) is 10.4 Å². The van der Waals surface area contributed by atoms with E-state index in [0.717, 1.165) is 6.92 Å². The molecule has 0 spiro atoms. The molecule has 1 heterocycles. The minimum Gasteiger partial charge on any atom is -0.434 e. The van der Waals surface area contributed by atoms with Gasteiger partial charge in [0.1, 0.15) is 30.9 Å². The van der Waals surface area contributed by atoms with Crippen LogP contribution < -0.4 is 5.32 Å². The highest BCUT2D eigenvalue weighted by molar-refractivity contribution is 5.78. The molecule has 0 radical (unpaired) electrons. The van der Waals surface area contributed by atoms with Gasteiger partial charge in [0.2, 0.25) is 12.2 Å². The third kappa shape index (κ3) is 4.55. The lowest BCUT2D eigenvalue weighted by Crippen LogP contribution is -2.65. The Balaban J connectivity index is 2.85. The second kappa shape index (κ2) is 7.76. The molecule has 0 aromatic rings. The fourth-order valence-electron chi connectivity index (χ4n) is 1.83. The first-order valence-electron chi connectivity index (χ1n) is 6.00. The quantitative estimate of drug-likeness (QED) is 0.192. The first-order valence-corrected chi connectivity index (χ1v) is 6.00. The van der Waals surface area contributed by atoms with E-state index in [0.29, 0.717) is 0 Å². The number of carbonyl (C=O) groups is 2. The average Bonchev–Trinajstić information content (AvgIpc) is 2.43. The third-order valence-electron chi connectivity index (χ3n) is 2.77. The first kappa shape index (κ1) is 17.1. The molecule has 1 amide bonds. The van der Waals surface area contributed by atoms with Crippen molar-refractivity contribution in [1.29, 1.82) is 0 Å². The van der Waals surface area contributed by atoms with Crippen LogP contribution in [0, 0.1) is 0 Å². The summed E-state index contributed by atoms with van der Waals surface area (Å²) >= 11 is 0. The van der Waals surface area contributed by atoms with Crippen LogP contribution in [0.3, 0.4) is 0 Å². The maximum absolute atomic E-state index is 11.5. The van der Waals surface area contributed by atoms with Gasteiger partial charge >= 0.3 is 5.97 Å². The Morgan fingerprint density at radius 1 is 1.43 bits per heavy atom. The molecule has 1 aliphatic heterocycles. The highest BCUT2D eigenvalue weighted by Gasteiger charge is 2.46. The number of hydrogen-bond acceptors (Lipinski definition) is 8. The summed E-state index contributed by atoms with van der Waals surface area (Å²) in [5.74, 6) is -1.50. The fourth-order valence-corrected chi connectivity index (χ4v) is 1.83. The van der Waals surface area contributed by atoms with Crippen LogP contribution in [-0.4, -0.2) is 71.0 Å². The minimum absolute atomic E-state index is 0.536. The zero-order valence-corrected chi connectivity index (χ0v) is 11.1. The van der Waals surface area contributed by atoms with Crippen molar-refractivity contribution < 1.29 is 34.4 Å². The van der Waals surface area contributed by atoms with Crippen LogP contribution in [0.5, 0.6) is 0 Å². The van der Waals surface area contributed by atoms with Gasteiger partial charge in [0, 0.05) is 11.8 Å². The van der Waals surface area contributed by atoms with E-state index in [2.05, 4.69) is 15.3 Å². The van der Waals surface area contributed by atoms with Crippen LogP contribution in [-0.2, 0) is 19.1 Å². The Hall–Kier alpha value is -1.91. The molecule has 0 bridgehead atoms. The Morgan fingerprint density at radius 3 is 2.62 bits per heavy atom. The minimum atomic E-state index is -1.55. The summed E-state index contributed by atoms with van der Waals surface area (Å²) in [6, 6.07) is -1.27. The molecule has 0 aromatic heterocycles. The molecule has 5 atom stereocenters. The molecule has 0 aromatic carbocycles. The van der Waals surface area contributed by atoms with E-state index < -0.39 is 55.7 Å². The molecule has 1 rings (SSSR count). The van der Waals surface area contributed by atoms with E-state index in [4.69, 9.17) is 20.1 Å². The highest BCUT2D eigenvalue weighted by Crippen LogP contribution is 2.22. The van der Waals surface area contributed by atoms with Gasteiger partial charge < -0.3 is 30.1 Å². The largest absolute Gasteiger partial charge is 0.434 e. The summed E-state index contributed by atoms with van der Waals surface area (Å²) in [5.41, 5.74) is 8.12. The van der Waals surface area contributed by atoms with Crippen molar-refractivity contribution in [2.45, 2.75) is 37.6 Å². The molecule has 118 valence electrons. The van der Waals surface area contributed by atoms with Crippen LogP contribution >= 0.6 is 0 Å². The summed E-state index contributed by atoms with van der Waals surface area (Å²) < 4.78 is 9.92. The van der Waals surface area contributed by atoms with Gasteiger partial charge in [-0.2, -0.15) is 0 Å². The van der Waals surface area contributed by atoms with E-state index in [-0.39, 0.29) is 0 Å². The Bertz CT molecular complexity index is 439. The zero-order chi connectivity index (χ0) is 16.0. The SMILES string of the molecule is CC(=O)OC1OC(CO)C(O)C(O)C1NC(=O)CN=[N+]=[N-]. The summed E-state index contributed by atoms with van der Waals surface area (Å²) in [5, 5.41) is 34.0. The maximum Gasteiger partial charge on any atom is 0.305 e. The molecular weight excluding hydrogens is 288 g/mol. The standard InChI is InChI=1S/C10H16N4O7/c1-4(16)20-10-7(13-6(17)2-12-14-11)9(19)8(18)5(3-15)21-10/h5,7-10,15,18-19H,2-3H2,1H3,(H,13,17). The number of amides is 1. The van der Waals surface area contributed by atoms with Crippen molar-refractivity contribution in [3.63, 3.8) is 0 Å². The van der Waals surface area contributed by atoms with Crippen molar-refractivity contribution in [2.24, 2.45) is 5.11 Å². The molecule has 0 aliphatic carbocycles. The lowest BCUT2D eigenvalue weighted by molar-refractivity contribution is -0.262. The summed E-state index contributed by atoms with van der Waals surface area (Å²) in [6.45, 7) is -0.0605. The van der Waals surface area contributed by atoms with Crippen molar-refractivity contribution >= 4 is 11.9 Å². The number of hydrogen-bond donors (Lipinski definition) is 4. The van der Waals surface area contributed by atoms with Gasteiger partial charge in [0.15, 0.2) is 0 Å². The number of nitrogens with one attached hydrogen (secondary N) is 1. The monoisotopic (exact) mass is 304 g/mol. The van der Waals surface area contributed by atoms with E-state index >= 15 is 0 Å². The molecule has 21 heavy (non-hydrogen) atoms. The van der Waals surface area contributed by atoms with Gasteiger partial charge in [-0.1, -0.05) is 5.11 Å². The number of nitrogens with zero attached hydrogens (tertiary/aromatic N) is 3. The molecule has 1 fully saturated rings. The van der Waals surface area contributed by atoms with Crippen molar-refractivity contribution in [3.8, 4) is 0 Å². The Kier molecular flexibility index (Phi) is 6.34. The number of aliphatic hydroxyl groups is 3. The van der Waals surface area contributed by atoms with E-state index in [9.17, 15) is 19.8 Å². The van der Waals surface area contributed by atoms with Gasteiger partial charge in [-0.25, -0.2) is 0 Å². The molecule has 0 saturated carbocycles. The second-order valence-electron chi connectivity index (χ2n) is 4.30. The van der Waals surface area contributed by atoms with E-state index in [1.54, 1.807) is 0 Å². The Morgan fingerprint density at radius 2 is 2.10 bits per heavy atom. The number of rotatable bonds is 5. The predicted molar refractivity (Wildman–Crippen MR) is 65.5 cm³/mol. The molecule has 11 nitrogen and oxygen atoms in total. The van der Waals surface area contributed by atoms with Crippen LogP contribution in [0.2, 0.25) is 0 Å². The zero-order valence-electron chi connectivity index (χ0n) is 11.1. The maximum atomic E-state index is 11.5. The summed E-state index contributed by atoms with van der Waals surface area (Å²) in [6.07, 6.45) is -5.61. The normalized spacial score (nSPS) is 31.9. The molecule has 1 saturated heterocycles. The van der Waals surface area contributed by atoms with Gasteiger partial charge in [0.25, 0.3) is 0 Å². The number of ether oxygens (including phenoxy) is 2. The van der Waals surface area contributed by atoms with Crippen LogP contribution in [0.4, 0.5) is 0 Å². The topological polar surface area (TPSA) is 174 Å². The first-order chi connectivity index (χ1) is 9.90. The third-order valence-corrected chi connectivity index (χ3v) is 2.77. The van der Waals surface area contributed by atoms with Crippen LogP contribution in [0.15, 0.2) is 5.11 Å². The second-order valence-corrected chi connectivity index (χ2v) is 4.30. The summed E-state index contributed by atoms with van der Waals surface area (Å²) in [7, 11) is 0.